The van der Waals surface area contributed by atoms with E-state index in [0.29, 0.717) is 0 Å². The van der Waals surface area contributed by atoms with Gasteiger partial charge in [-0.05, 0) is 71.1 Å². The zero-order valence-corrected chi connectivity index (χ0v) is 25.0. The van der Waals surface area contributed by atoms with Crippen molar-refractivity contribution in [3.8, 4) is 21.7 Å². The fourth-order valence-electron chi connectivity index (χ4n) is 6.35. The molecule has 212 valence electrons. The first kappa shape index (κ1) is 25.8. The summed E-state index contributed by atoms with van der Waals surface area (Å²) < 4.78 is 7.97. The molecular weight excluding hydrogens is 569 g/mol. The molecule has 4 heteroatoms. The van der Waals surface area contributed by atoms with Gasteiger partial charge in [-0.1, -0.05) is 97.1 Å². The molecule has 0 saturated carbocycles. The normalized spacial score (nSPS) is 11.6. The maximum Gasteiger partial charge on any atom is 0.143 e. The Morgan fingerprint density at radius 3 is 2.02 bits per heavy atom. The molecule has 9 rings (SSSR count). The van der Waals surface area contributed by atoms with Crippen molar-refractivity contribution in [1.29, 1.82) is 0 Å². The topological polar surface area (TPSA) is 29.3 Å². The first-order chi connectivity index (χ1) is 22.3. The van der Waals surface area contributed by atoms with Crippen molar-refractivity contribution < 1.29 is 4.42 Å². The van der Waals surface area contributed by atoms with Crippen LogP contribution in [0.3, 0.4) is 0 Å². The van der Waals surface area contributed by atoms with Crippen LogP contribution >= 0.6 is 11.3 Å². The van der Waals surface area contributed by atoms with Crippen molar-refractivity contribution >= 4 is 71.3 Å². The van der Waals surface area contributed by atoms with Crippen LogP contribution in [-0.2, 0) is 0 Å². The summed E-state index contributed by atoms with van der Waals surface area (Å²) in [7, 11) is 0. The van der Waals surface area contributed by atoms with E-state index in [1.54, 1.807) is 11.3 Å². The zero-order valence-electron chi connectivity index (χ0n) is 24.2. The fraction of sp³-hybridized carbons (Fsp3) is 0. The summed E-state index contributed by atoms with van der Waals surface area (Å²) in [5, 5.41) is 5.44. The maximum absolute atomic E-state index is 6.79. The van der Waals surface area contributed by atoms with E-state index in [1.165, 1.54) is 15.8 Å². The second kappa shape index (κ2) is 10.5. The summed E-state index contributed by atoms with van der Waals surface area (Å²) in [5.74, 6) is 0. The van der Waals surface area contributed by atoms with Gasteiger partial charge in [-0.3, -0.25) is 0 Å². The number of benzene rings is 7. The highest BCUT2D eigenvalue weighted by Crippen LogP contribution is 2.45. The lowest BCUT2D eigenvalue weighted by molar-refractivity contribution is 0.673. The van der Waals surface area contributed by atoms with Gasteiger partial charge in [0.05, 0.1) is 10.2 Å². The number of hydrogen-bond acceptors (Lipinski definition) is 4. The molecule has 0 amide bonds. The van der Waals surface area contributed by atoms with E-state index in [-0.39, 0.29) is 0 Å². The van der Waals surface area contributed by atoms with Crippen LogP contribution in [-0.4, -0.2) is 4.98 Å². The number of anilines is 3. The predicted octanol–water partition coefficient (Wildman–Crippen LogP) is 12.2. The van der Waals surface area contributed by atoms with Gasteiger partial charge < -0.3 is 9.32 Å². The van der Waals surface area contributed by atoms with Gasteiger partial charge in [-0.15, -0.1) is 11.3 Å². The molecule has 9 aromatic rings. The van der Waals surface area contributed by atoms with Gasteiger partial charge in [0.15, 0.2) is 0 Å². The van der Waals surface area contributed by atoms with Gasteiger partial charge in [0, 0.05) is 44.9 Å². The Balaban J connectivity index is 1.24. The molecule has 0 aliphatic heterocycles. The number of furan rings is 1. The summed E-state index contributed by atoms with van der Waals surface area (Å²) in [6.07, 6.45) is 0. The second-order valence-corrected chi connectivity index (χ2v) is 12.2. The summed E-state index contributed by atoms with van der Waals surface area (Å²) in [6.45, 7) is 0. The molecule has 0 aliphatic carbocycles. The summed E-state index contributed by atoms with van der Waals surface area (Å²) >= 11 is 1.73. The van der Waals surface area contributed by atoms with Crippen LogP contribution in [0.1, 0.15) is 0 Å². The molecule has 0 N–H and O–H groups in total. The van der Waals surface area contributed by atoms with E-state index in [9.17, 15) is 0 Å². The summed E-state index contributed by atoms with van der Waals surface area (Å²) in [4.78, 5) is 7.33. The molecule has 0 saturated heterocycles. The van der Waals surface area contributed by atoms with Gasteiger partial charge in [0.25, 0.3) is 0 Å². The smallest absolute Gasteiger partial charge is 0.143 e. The lowest BCUT2D eigenvalue weighted by atomic mass is 10.00. The maximum atomic E-state index is 6.79. The summed E-state index contributed by atoms with van der Waals surface area (Å²) in [6, 6.07) is 55.4. The van der Waals surface area contributed by atoms with Crippen LogP contribution in [0.25, 0.3) is 64.6 Å². The Bertz CT molecular complexity index is 2450. The molecule has 0 unspecified atom stereocenters. The first-order valence-corrected chi connectivity index (χ1v) is 15.9. The number of rotatable bonds is 5. The van der Waals surface area contributed by atoms with E-state index in [4.69, 9.17) is 9.40 Å². The number of fused-ring (bicyclic) bond motifs is 6. The Morgan fingerprint density at radius 1 is 0.533 bits per heavy atom. The molecule has 7 aromatic carbocycles. The molecule has 0 bridgehead atoms. The monoisotopic (exact) mass is 594 g/mol. The average Bonchev–Trinajstić information content (AvgIpc) is 3.71. The standard InChI is InChI=1S/C41H26N2OS/c1-3-11-27(12-4-1)28-19-21-31(22-20-28)43(30-14-5-2-6-15-30)32-23-24-34-37(26-32)44-40-33-16-8-7-13-29(33)25-35(39(34)40)41-42-36-17-9-10-18-38(36)45-41/h1-26H. The quantitative estimate of drug-likeness (QED) is 0.198. The molecule has 2 aromatic heterocycles. The lowest BCUT2D eigenvalue weighted by Gasteiger charge is -2.25. The minimum absolute atomic E-state index is 0.850. The minimum atomic E-state index is 0.850. The van der Waals surface area contributed by atoms with Gasteiger partial charge in [0.1, 0.15) is 16.2 Å². The SMILES string of the molecule is c1ccc(-c2ccc(N(c3ccccc3)c3ccc4c(c3)oc3c5ccccc5cc(-c5nc6ccccc6s5)c43)cc2)cc1. The molecule has 0 radical (unpaired) electrons. The van der Waals surface area contributed by atoms with Gasteiger partial charge in [-0.25, -0.2) is 4.98 Å². The molecule has 45 heavy (non-hydrogen) atoms. The number of para-hydroxylation sites is 2. The molecule has 0 fully saturated rings. The molecular formula is C41H26N2OS. The van der Waals surface area contributed by atoms with Crippen LogP contribution in [0.4, 0.5) is 17.1 Å². The third-order valence-electron chi connectivity index (χ3n) is 8.48. The van der Waals surface area contributed by atoms with E-state index in [1.807, 2.05) is 12.1 Å². The molecule has 0 aliphatic rings. The zero-order chi connectivity index (χ0) is 29.7. The Morgan fingerprint density at radius 2 is 1.20 bits per heavy atom. The van der Waals surface area contributed by atoms with Crippen molar-refractivity contribution in [3.05, 3.63) is 158 Å². The number of nitrogens with zero attached hydrogens (tertiary/aromatic N) is 2. The van der Waals surface area contributed by atoms with Crippen LogP contribution in [0.15, 0.2) is 162 Å². The Kier molecular flexibility index (Phi) is 6.00. The Hall–Kier alpha value is -5.71. The van der Waals surface area contributed by atoms with Crippen LogP contribution < -0.4 is 4.90 Å². The van der Waals surface area contributed by atoms with E-state index in [2.05, 4.69) is 150 Å². The second-order valence-electron chi connectivity index (χ2n) is 11.2. The fourth-order valence-corrected chi connectivity index (χ4v) is 7.34. The Labute approximate surface area is 264 Å². The van der Waals surface area contributed by atoms with E-state index < -0.39 is 0 Å². The average molecular weight is 595 g/mol. The lowest BCUT2D eigenvalue weighted by Crippen LogP contribution is -2.09. The van der Waals surface area contributed by atoms with E-state index in [0.717, 1.165) is 65.9 Å². The number of thiazole rings is 1. The van der Waals surface area contributed by atoms with E-state index >= 15 is 0 Å². The third-order valence-corrected chi connectivity index (χ3v) is 9.55. The predicted molar refractivity (Wildman–Crippen MR) is 190 cm³/mol. The van der Waals surface area contributed by atoms with Crippen molar-refractivity contribution in [2.24, 2.45) is 0 Å². The van der Waals surface area contributed by atoms with Gasteiger partial charge in [0.2, 0.25) is 0 Å². The minimum Gasteiger partial charge on any atom is -0.455 e. The van der Waals surface area contributed by atoms with Gasteiger partial charge >= 0.3 is 0 Å². The van der Waals surface area contributed by atoms with Crippen molar-refractivity contribution in [3.63, 3.8) is 0 Å². The molecule has 0 spiro atoms. The van der Waals surface area contributed by atoms with Crippen LogP contribution in [0.5, 0.6) is 0 Å². The molecule has 2 heterocycles. The van der Waals surface area contributed by atoms with Gasteiger partial charge in [-0.2, -0.15) is 0 Å². The van der Waals surface area contributed by atoms with Crippen molar-refractivity contribution in [2.75, 3.05) is 4.90 Å². The van der Waals surface area contributed by atoms with Crippen LogP contribution in [0, 0.1) is 0 Å². The highest BCUT2D eigenvalue weighted by atomic mass is 32.1. The highest BCUT2D eigenvalue weighted by molar-refractivity contribution is 7.21. The molecule has 3 nitrogen and oxygen atoms in total. The van der Waals surface area contributed by atoms with Crippen molar-refractivity contribution in [1.82, 2.24) is 4.98 Å². The largest absolute Gasteiger partial charge is 0.455 e. The van der Waals surface area contributed by atoms with Crippen LogP contribution in [0.2, 0.25) is 0 Å². The first-order valence-electron chi connectivity index (χ1n) is 15.0. The number of hydrogen-bond donors (Lipinski definition) is 0. The van der Waals surface area contributed by atoms with Crippen molar-refractivity contribution in [2.45, 2.75) is 0 Å². The third kappa shape index (κ3) is 4.38. The summed E-state index contributed by atoms with van der Waals surface area (Å²) in [5.41, 5.74) is 9.46. The highest BCUT2D eigenvalue weighted by Gasteiger charge is 2.20. The molecule has 0 atom stereocenters. The number of aromatic nitrogens is 1.